The van der Waals surface area contributed by atoms with Crippen molar-refractivity contribution < 1.29 is 14.4 Å². The van der Waals surface area contributed by atoms with E-state index in [1.54, 1.807) is 12.1 Å². The number of nitrogens with zero attached hydrogens (tertiary/aromatic N) is 2. The summed E-state index contributed by atoms with van der Waals surface area (Å²) in [5.41, 5.74) is 1.78. The van der Waals surface area contributed by atoms with E-state index in [9.17, 15) is 14.4 Å². The average Bonchev–Trinajstić information content (AvgIpc) is 2.63. The van der Waals surface area contributed by atoms with Crippen molar-refractivity contribution in [1.29, 1.82) is 0 Å². The maximum absolute atomic E-state index is 13.3. The molecule has 1 N–H and O–H groups in total. The van der Waals surface area contributed by atoms with Crippen molar-refractivity contribution in [3.8, 4) is 0 Å². The fourth-order valence-electron chi connectivity index (χ4n) is 3.74. The lowest BCUT2D eigenvalue weighted by Gasteiger charge is -2.29. The Morgan fingerprint density at radius 2 is 1.82 bits per heavy atom. The summed E-state index contributed by atoms with van der Waals surface area (Å²) in [6.07, 6.45) is 0. The third-order valence-corrected chi connectivity index (χ3v) is 5.00. The van der Waals surface area contributed by atoms with Gasteiger partial charge in [-0.1, -0.05) is 18.2 Å². The van der Waals surface area contributed by atoms with Crippen molar-refractivity contribution in [3.05, 3.63) is 53.6 Å². The first kappa shape index (κ1) is 18.1. The molecule has 1 aliphatic heterocycles. The summed E-state index contributed by atoms with van der Waals surface area (Å²) in [4.78, 5) is 41.0. The Balaban J connectivity index is 1.95. The van der Waals surface area contributed by atoms with E-state index < -0.39 is 0 Å². The first-order valence-electron chi connectivity index (χ1n) is 9.15. The lowest BCUT2D eigenvalue weighted by atomic mass is 9.89. The molecular weight excluding hydrogens is 354 g/mol. The van der Waals surface area contributed by atoms with Crippen LogP contribution in [0.2, 0.25) is 0 Å². The molecule has 142 valence electrons. The number of rotatable bonds is 4. The minimum absolute atomic E-state index is 0.153. The van der Waals surface area contributed by atoms with Crippen LogP contribution in [0.25, 0.3) is 21.5 Å². The van der Waals surface area contributed by atoms with Crippen LogP contribution in [0.3, 0.4) is 0 Å². The van der Waals surface area contributed by atoms with Crippen LogP contribution in [0.4, 0.5) is 5.69 Å². The minimum atomic E-state index is -0.270. The minimum Gasteiger partial charge on any atom is -0.326 e. The maximum atomic E-state index is 13.3. The molecule has 3 aromatic carbocycles. The number of carbonyl (C=O) groups excluding carboxylic acids is 3. The number of anilines is 1. The van der Waals surface area contributed by atoms with Crippen molar-refractivity contribution in [1.82, 2.24) is 9.80 Å². The van der Waals surface area contributed by atoms with Gasteiger partial charge in [0.05, 0.1) is 5.56 Å². The highest BCUT2D eigenvalue weighted by atomic mass is 16.2. The highest BCUT2D eigenvalue weighted by Crippen LogP contribution is 2.36. The van der Waals surface area contributed by atoms with Crippen LogP contribution in [-0.4, -0.2) is 54.7 Å². The Kier molecular flexibility index (Phi) is 4.35. The average molecular weight is 375 g/mol. The molecule has 3 aromatic rings. The van der Waals surface area contributed by atoms with E-state index in [2.05, 4.69) is 5.32 Å². The van der Waals surface area contributed by atoms with Crippen molar-refractivity contribution >= 4 is 45.0 Å². The van der Waals surface area contributed by atoms with Crippen molar-refractivity contribution in [3.63, 3.8) is 0 Å². The van der Waals surface area contributed by atoms with E-state index in [1.807, 2.05) is 49.3 Å². The van der Waals surface area contributed by atoms with Gasteiger partial charge in [0.1, 0.15) is 0 Å². The molecule has 0 bridgehead atoms. The van der Waals surface area contributed by atoms with Gasteiger partial charge < -0.3 is 10.2 Å². The molecule has 0 aliphatic carbocycles. The number of fused-ring (bicyclic) bond motifs is 2. The fourth-order valence-corrected chi connectivity index (χ4v) is 3.74. The topological polar surface area (TPSA) is 69.7 Å². The normalized spacial score (nSPS) is 13.6. The second kappa shape index (κ2) is 6.73. The quantitative estimate of drug-likeness (QED) is 0.562. The van der Waals surface area contributed by atoms with Crippen LogP contribution in [0.1, 0.15) is 27.6 Å². The van der Waals surface area contributed by atoms with Crippen molar-refractivity contribution in [2.24, 2.45) is 0 Å². The zero-order chi connectivity index (χ0) is 20.0. The molecule has 6 heteroatoms. The number of nitrogens with one attached hydrogen (secondary N) is 1. The molecule has 0 fully saturated rings. The molecule has 0 atom stereocenters. The molecule has 0 aromatic heterocycles. The van der Waals surface area contributed by atoms with Crippen LogP contribution >= 0.6 is 0 Å². The molecule has 0 radical (unpaired) electrons. The first-order valence-corrected chi connectivity index (χ1v) is 9.15. The zero-order valence-corrected chi connectivity index (χ0v) is 16.1. The molecule has 1 heterocycles. The zero-order valence-electron chi connectivity index (χ0n) is 16.1. The van der Waals surface area contributed by atoms with E-state index in [1.165, 1.54) is 11.8 Å². The predicted molar refractivity (Wildman–Crippen MR) is 110 cm³/mol. The van der Waals surface area contributed by atoms with E-state index >= 15 is 0 Å². The summed E-state index contributed by atoms with van der Waals surface area (Å²) >= 11 is 0. The number of hydrogen-bond acceptors (Lipinski definition) is 4. The Hall–Kier alpha value is -3.25. The van der Waals surface area contributed by atoms with Gasteiger partial charge in [0.15, 0.2) is 0 Å². The van der Waals surface area contributed by atoms with Crippen molar-refractivity contribution in [2.75, 3.05) is 32.5 Å². The number of carbonyl (C=O) groups is 3. The molecule has 0 saturated carbocycles. The van der Waals surface area contributed by atoms with Crippen LogP contribution in [-0.2, 0) is 4.79 Å². The molecule has 0 saturated heterocycles. The SMILES string of the molecule is CC(=O)Nc1ccc2c3c4c(cccc4cc2c1)C(=O)N(CCN(C)C)C3=O. The van der Waals surface area contributed by atoms with Gasteiger partial charge in [0, 0.05) is 36.7 Å². The smallest absolute Gasteiger partial charge is 0.262 e. The van der Waals surface area contributed by atoms with Gasteiger partial charge in [-0.15, -0.1) is 0 Å². The van der Waals surface area contributed by atoms with Gasteiger partial charge in [-0.25, -0.2) is 0 Å². The predicted octanol–water partition coefficient (Wildman–Crippen LogP) is 3.11. The number of likely N-dealkylation sites (N-methyl/N-ethyl adjacent to an activating group) is 1. The lowest BCUT2D eigenvalue weighted by Crippen LogP contribution is -2.43. The summed E-state index contributed by atoms with van der Waals surface area (Å²) < 4.78 is 0. The fraction of sp³-hybridized carbons (Fsp3) is 0.227. The van der Waals surface area contributed by atoms with E-state index in [4.69, 9.17) is 0 Å². The van der Waals surface area contributed by atoms with Crippen LogP contribution in [0, 0.1) is 0 Å². The maximum Gasteiger partial charge on any atom is 0.262 e. The van der Waals surface area contributed by atoms with Gasteiger partial charge in [-0.05, 0) is 54.5 Å². The second-order valence-corrected chi connectivity index (χ2v) is 7.34. The van der Waals surface area contributed by atoms with E-state index in [-0.39, 0.29) is 17.7 Å². The third-order valence-electron chi connectivity index (χ3n) is 5.00. The summed E-state index contributed by atoms with van der Waals surface area (Å²) in [6, 6.07) is 12.9. The van der Waals surface area contributed by atoms with Crippen LogP contribution < -0.4 is 5.32 Å². The molecular formula is C22H21N3O3. The van der Waals surface area contributed by atoms with Crippen molar-refractivity contribution in [2.45, 2.75) is 6.92 Å². The standard InChI is InChI=1S/C22H21N3O3/c1-13(26)23-16-7-8-17-15(12-16)11-14-5-4-6-18-19(14)20(17)22(28)25(21(18)27)10-9-24(2)3/h4-8,11-12H,9-10H2,1-3H3,(H,23,26). The summed E-state index contributed by atoms with van der Waals surface area (Å²) in [5.74, 6) is -0.673. The highest BCUT2D eigenvalue weighted by Gasteiger charge is 2.34. The Morgan fingerprint density at radius 3 is 2.54 bits per heavy atom. The molecule has 4 rings (SSSR count). The van der Waals surface area contributed by atoms with Gasteiger partial charge in [0.25, 0.3) is 11.8 Å². The summed E-state index contributed by atoms with van der Waals surface area (Å²) in [7, 11) is 3.82. The monoisotopic (exact) mass is 375 g/mol. The highest BCUT2D eigenvalue weighted by molar-refractivity contribution is 6.30. The molecule has 1 aliphatic rings. The first-order chi connectivity index (χ1) is 13.4. The number of imide groups is 1. The lowest BCUT2D eigenvalue weighted by molar-refractivity contribution is -0.114. The largest absolute Gasteiger partial charge is 0.326 e. The second-order valence-electron chi connectivity index (χ2n) is 7.34. The van der Waals surface area contributed by atoms with E-state index in [0.717, 1.165) is 16.2 Å². The Morgan fingerprint density at radius 1 is 1.04 bits per heavy atom. The van der Waals surface area contributed by atoms with Gasteiger partial charge >= 0.3 is 0 Å². The molecule has 0 spiro atoms. The van der Waals surface area contributed by atoms with Gasteiger partial charge in [-0.3, -0.25) is 19.3 Å². The Bertz CT molecular complexity index is 1150. The van der Waals surface area contributed by atoms with Crippen LogP contribution in [0.5, 0.6) is 0 Å². The number of amides is 3. The molecule has 3 amide bonds. The number of hydrogen-bond donors (Lipinski definition) is 1. The van der Waals surface area contributed by atoms with E-state index in [0.29, 0.717) is 35.3 Å². The third kappa shape index (κ3) is 2.92. The summed E-state index contributed by atoms with van der Waals surface area (Å²) in [5, 5.41) is 5.95. The number of benzene rings is 3. The molecule has 6 nitrogen and oxygen atoms in total. The molecule has 0 unspecified atom stereocenters. The summed E-state index contributed by atoms with van der Waals surface area (Å²) in [6.45, 7) is 2.39. The van der Waals surface area contributed by atoms with Gasteiger partial charge in [-0.2, -0.15) is 0 Å². The van der Waals surface area contributed by atoms with Crippen LogP contribution in [0.15, 0.2) is 42.5 Å². The Labute approximate surface area is 162 Å². The van der Waals surface area contributed by atoms with Gasteiger partial charge in [0.2, 0.25) is 5.91 Å². The molecule has 28 heavy (non-hydrogen) atoms.